The molecule has 1 aromatic carbocycles. The lowest BCUT2D eigenvalue weighted by Gasteiger charge is -2.31. The Morgan fingerprint density at radius 3 is 2.64 bits per heavy atom. The number of carbonyl (C=O) groups excluding carboxylic acids is 1. The fourth-order valence-corrected chi connectivity index (χ4v) is 4.79. The maximum absolute atomic E-state index is 12.8. The second-order valence-corrected chi connectivity index (χ2v) is 8.69. The SMILES string of the molecule is Cc1ccc(S(=O)(=O)N2CCC[C@@H](C(=O)NNC3=CCCC3)C2)cc1. The van der Waals surface area contributed by atoms with Gasteiger partial charge in [-0.2, -0.15) is 4.31 Å². The minimum absolute atomic E-state index is 0.142. The van der Waals surface area contributed by atoms with Crippen LogP contribution in [-0.4, -0.2) is 31.7 Å². The van der Waals surface area contributed by atoms with E-state index in [2.05, 4.69) is 16.9 Å². The molecular formula is C18H25N3O3S. The van der Waals surface area contributed by atoms with Crippen LogP contribution in [0.4, 0.5) is 0 Å². The lowest BCUT2D eigenvalue weighted by atomic mass is 9.99. The molecule has 1 aliphatic carbocycles. The van der Waals surface area contributed by atoms with Crippen LogP contribution in [0.5, 0.6) is 0 Å². The number of hydrogen-bond donors (Lipinski definition) is 2. The Morgan fingerprint density at radius 1 is 1.20 bits per heavy atom. The first-order valence-corrected chi connectivity index (χ1v) is 10.2. The normalized spacial score (nSPS) is 21.6. The van der Waals surface area contributed by atoms with Gasteiger partial charge < -0.3 is 5.43 Å². The predicted octanol–water partition coefficient (Wildman–Crippen LogP) is 2.08. The van der Waals surface area contributed by atoms with Gasteiger partial charge in [0.15, 0.2) is 0 Å². The van der Waals surface area contributed by atoms with Gasteiger partial charge in [-0.05, 0) is 51.2 Å². The molecular weight excluding hydrogens is 338 g/mol. The van der Waals surface area contributed by atoms with Crippen LogP contribution in [0.15, 0.2) is 40.9 Å². The molecule has 1 saturated heterocycles. The standard InChI is InChI=1S/C18H25N3O3S/c1-14-8-10-17(11-9-14)25(23,24)21-12-4-5-15(13-21)18(22)20-19-16-6-2-3-7-16/h6,8-11,15,19H,2-5,7,12-13H2,1H3,(H,20,22)/t15-/m1/s1. The molecule has 25 heavy (non-hydrogen) atoms. The van der Waals surface area contributed by atoms with E-state index in [0.29, 0.717) is 19.4 Å². The lowest BCUT2D eigenvalue weighted by Crippen LogP contribution is -2.48. The number of piperidine rings is 1. The summed E-state index contributed by atoms with van der Waals surface area (Å²) in [5.41, 5.74) is 7.75. The largest absolute Gasteiger partial charge is 0.303 e. The van der Waals surface area contributed by atoms with Crippen molar-refractivity contribution in [1.82, 2.24) is 15.2 Å². The second-order valence-electron chi connectivity index (χ2n) is 6.75. The summed E-state index contributed by atoms with van der Waals surface area (Å²) in [6.07, 6.45) is 6.54. The Balaban J connectivity index is 1.63. The summed E-state index contributed by atoms with van der Waals surface area (Å²) < 4.78 is 27.0. The molecule has 1 atom stereocenters. The summed E-state index contributed by atoms with van der Waals surface area (Å²) in [6.45, 7) is 2.60. The van der Waals surface area contributed by atoms with E-state index in [1.54, 1.807) is 24.3 Å². The van der Waals surface area contributed by atoms with E-state index in [1.807, 2.05) is 6.92 Å². The topological polar surface area (TPSA) is 78.5 Å². The summed E-state index contributed by atoms with van der Waals surface area (Å²) in [4.78, 5) is 12.7. The van der Waals surface area contributed by atoms with Crippen molar-refractivity contribution in [2.24, 2.45) is 5.92 Å². The number of allylic oxidation sites excluding steroid dienone is 2. The molecule has 2 N–H and O–H groups in total. The molecule has 1 amide bonds. The maximum Gasteiger partial charge on any atom is 0.243 e. The lowest BCUT2D eigenvalue weighted by molar-refractivity contribution is -0.126. The van der Waals surface area contributed by atoms with Crippen LogP contribution < -0.4 is 10.9 Å². The molecule has 6 nitrogen and oxygen atoms in total. The Labute approximate surface area is 149 Å². The molecule has 1 heterocycles. The average molecular weight is 363 g/mol. The van der Waals surface area contributed by atoms with Crippen LogP contribution >= 0.6 is 0 Å². The Hall–Kier alpha value is -1.86. The summed E-state index contributed by atoms with van der Waals surface area (Å²) >= 11 is 0. The quantitative estimate of drug-likeness (QED) is 0.785. The highest BCUT2D eigenvalue weighted by molar-refractivity contribution is 7.89. The molecule has 1 aliphatic heterocycles. The Bertz CT molecular complexity index is 756. The van der Waals surface area contributed by atoms with E-state index in [1.165, 1.54) is 4.31 Å². The third-order valence-electron chi connectivity index (χ3n) is 4.80. The zero-order chi connectivity index (χ0) is 17.9. The Morgan fingerprint density at radius 2 is 1.96 bits per heavy atom. The number of nitrogens with zero attached hydrogens (tertiary/aromatic N) is 1. The van der Waals surface area contributed by atoms with Crippen molar-refractivity contribution in [2.45, 2.75) is 43.9 Å². The van der Waals surface area contributed by atoms with Crippen LogP contribution in [0, 0.1) is 12.8 Å². The van der Waals surface area contributed by atoms with Gasteiger partial charge >= 0.3 is 0 Å². The fourth-order valence-electron chi connectivity index (χ4n) is 3.26. The van der Waals surface area contributed by atoms with Crippen LogP contribution in [-0.2, 0) is 14.8 Å². The molecule has 0 unspecified atom stereocenters. The van der Waals surface area contributed by atoms with E-state index in [9.17, 15) is 13.2 Å². The number of sulfonamides is 1. The summed E-state index contributed by atoms with van der Waals surface area (Å²) in [5.74, 6) is -0.472. The van der Waals surface area contributed by atoms with E-state index in [-0.39, 0.29) is 23.3 Å². The number of hydrazine groups is 1. The number of carbonyl (C=O) groups is 1. The fraction of sp³-hybridized carbons (Fsp3) is 0.500. The van der Waals surface area contributed by atoms with Gasteiger partial charge in [0.2, 0.25) is 15.9 Å². The van der Waals surface area contributed by atoms with Crippen molar-refractivity contribution >= 4 is 15.9 Å². The number of rotatable bonds is 5. The highest BCUT2D eigenvalue weighted by atomic mass is 32.2. The average Bonchev–Trinajstić information content (AvgIpc) is 3.14. The molecule has 0 aromatic heterocycles. The molecule has 3 rings (SSSR count). The highest BCUT2D eigenvalue weighted by Crippen LogP contribution is 2.24. The van der Waals surface area contributed by atoms with Gasteiger partial charge in [0, 0.05) is 18.8 Å². The van der Waals surface area contributed by atoms with Crippen molar-refractivity contribution in [3.05, 3.63) is 41.6 Å². The summed E-state index contributed by atoms with van der Waals surface area (Å²) in [7, 11) is -3.55. The zero-order valence-electron chi connectivity index (χ0n) is 14.5. The van der Waals surface area contributed by atoms with Crippen molar-refractivity contribution in [1.29, 1.82) is 0 Å². The van der Waals surface area contributed by atoms with Gasteiger partial charge in [-0.1, -0.05) is 23.8 Å². The first-order chi connectivity index (χ1) is 12.0. The number of amides is 1. The molecule has 2 aliphatic rings. The third kappa shape index (κ3) is 4.22. The molecule has 1 fully saturated rings. The van der Waals surface area contributed by atoms with E-state index >= 15 is 0 Å². The molecule has 0 radical (unpaired) electrons. The minimum Gasteiger partial charge on any atom is -0.303 e. The smallest absolute Gasteiger partial charge is 0.243 e. The van der Waals surface area contributed by atoms with Crippen molar-refractivity contribution < 1.29 is 13.2 Å². The van der Waals surface area contributed by atoms with Gasteiger partial charge in [-0.25, -0.2) is 8.42 Å². The number of benzene rings is 1. The highest BCUT2D eigenvalue weighted by Gasteiger charge is 2.33. The summed E-state index contributed by atoms with van der Waals surface area (Å²) in [5, 5.41) is 0. The van der Waals surface area contributed by atoms with Gasteiger partial charge in [0.25, 0.3) is 0 Å². The predicted molar refractivity (Wildman–Crippen MR) is 95.9 cm³/mol. The summed E-state index contributed by atoms with van der Waals surface area (Å²) in [6, 6.07) is 6.84. The molecule has 7 heteroatoms. The Kier molecular flexibility index (Phi) is 5.44. The second kappa shape index (κ2) is 7.58. The van der Waals surface area contributed by atoms with Gasteiger partial charge in [-0.3, -0.25) is 10.2 Å². The van der Waals surface area contributed by atoms with Crippen LogP contribution in [0.1, 0.15) is 37.7 Å². The molecule has 1 aromatic rings. The number of hydrogen-bond acceptors (Lipinski definition) is 4. The minimum atomic E-state index is -3.55. The van der Waals surface area contributed by atoms with Crippen LogP contribution in [0.2, 0.25) is 0 Å². The molecule has 0 spiro atoms. The van der Waals surface area contributed by atoms with Gasteiger partial charge in [0.05, 0.1) is 10.8 Å². The first kappa shape index (κ1) is 17.9. The van der Waals surface area contributed by atoms with E-state index in [0.717, 1.165) is 30.5 Å². The first-order valence-electron chi connectivity index (χ1n) is 8.78. The van der Waals surface area contributed by atoms with Crippen LogP contribution in [0.3, 0.4) is 0 Å². The molecule has 136 valence electrons. The zero-order valence-corrected chi connectivity index (χ0v) is 15.3. The van der Waals surface area contributed by atoms with Gasteiger partial charge in [-0.15, -0.1) is 0 Å². The monoisotopic (exact) mass is 363 g/mol. The van der Waals surface area contributed by atoms with Gasteiger partial charge in [0.1, 0.15) is 0 Å². The van der Waals surface area contributed by atoms with E-state index < -0.39 is 10.0 Å². The van der Waals surface area contributed by atoms with Crippen LogP contribution in [0.25, 0.3) is 0 Å². The third-order valence-corrected chi connectivity index (χ3v) is 6.68. The number of nitrogens with one attached hydrogen (secondary N) is 2. The maximum atomic E-state index is 12.8. The molecule has 0 saturated carbocycles. The number of aryl methyl sites for hydroxylation is 1. The van der Waals surface area contributed by atoms with Crippen molar-refractivity contribution in [3.63, 3.8) is 0 Å². The van der Waals surface area contributed by atoms with Crippen molar-refractivity contribution in [2.75, 3.05) is 13.1 Å². The molecule has 0 bridgehead atoms. The van der Waals surface area contributed by atoms with E-state index in [4.69, 9.17) is 0 Å². The van der Waals surface area contributed by atoms with Crippen molar-refractivity contribution in [3.8, 4) is 0 Å².